The van der Waals surface area contributed by atoms with Crippen molar-refractivity contribution in [2.45, 2.75) is 12.2 Å². The normalized spacial score (nSPS) is 14.1. The molecule has 0 aliphatic rings. The van der Waals surface area contributed by atoms with Crippen LogP contribution in [-0.2, 0) is 4.79 Å². The van der Waals surface area contributed by atoms with E-state index in [0.29, 0.717) is 5.56 Å². The topological polar surface area (TPSA) is 95.6 Å². The number of carbonyl (C=O) groups is 1. The van der Waals surface area contributed by atoms with E-state index >= 15 is 0 Å². The van der Waals surface area contributed by atoms with Gasteiger partial charge < -0.3 is 19.9 Å². The summed E-state index contributed by atoms with van der Waals surface area (Å²) in [6.45, 7) is 0. The van der Waals surface area contributed by atoms with Crippen LogP contribution in [0.15, 0.2) is 43.0 Å². The summed E-state index contributed by atoms with van der Waals surface area (Å²) in [6.07, 6.45) is 1.75. The summed E-state index contributed by atoms with van der Waals surface area (Å²) in [5, 5.41) is 27.5. The fourth-order valence-electron chi connectivity index (χ4n) is 1.57. The number of hydrogen-bond acceptors (Lipinski definition) is 4. The molecule has 0 amide bonds. The minimum atomic E-state index is -1.83. The summed E-state index contributed by atoms with van der Waals surface area (Å²) in [6, 6.07) is 6.53. The lowest BCUT2D eigenvalue weighted by Crippen LogP contribution is -2.27. The van der Waals surface area contributed by atoms with Gasteiger partial charge in [-0.05, 0) is 17.7 Å². The van der Waals surface area contributed by atoms with Gasteiger partial charge in [0.05, 0.1) is 6.33 Å². The number of benzene rings is 1. The number of aromatic nitrogens is 2. The van der Waals surface area contributed by atoms with E-state index in [1.807, 2.05) is 0 Å². The third-order valence-corrected chi connectivity index (χ3v) is 2.59. The molecule has 0 fully saturated rings. The third kappa shape index (κ3) is 2.39. The number of aliphatic carboxylic acids is 1. The molecule has 6 nitrogen and oxygen atoms in total. The number of aliphatic hydroxyl groups is 2. The van der Waals surface area contributed by atoms with E-state index in [-0.39, 0.29) is 0 Å². The van der Waals surface area contributed by atoms with E-state index in [2.05, 4.69) is 4.98 Å². The first-order valence-electron chi connectivity index (χ1n) is 5.27. The smallest absolute Gasteiger partial charge is 0.335 e. The molecule has 0 saturated heterocycles. The van der Waals surface area contributed by atoms with Crippen molar-refractivity contribution in [1.29, 1.82) is 0 Å². The molecule has 94 valence electrons. The van der Waals surface area contributed by atoms with Crippen LogP contribution in [0, 0.1) is 0 Å². The van der Waals surface area contributed by atoms with Crippen molar-refractivity contribution in [2.24, 2.45) is 0 Å². The Bertz CT molecular complexity index is 522. The average Bonchev–Trinajstić information content (AvgIpc) is 2.91. The molecule has 18 heavy (non-hydrogen) atoms. The Morgan fingerprint density at radius 2 is 1.89 bits per heavy atom. The van der Waals surface area contributed by atoms with E-state index in [1.54, 1.807) is 47.6 Å². The molecule has 0 spiro atoms. The summed E-state index contributed by atoms with van der Waals surface area (Å²) in [4.78, 5) is 14.4. The van der Waals surface area contributed by atoms with Crippen LogP contribution in [0.4, 0.5) is 0 Å². The molecule has 1 heterocycles. The number of hydrogen-bond donors (Lipinski definition) is 3. The lowest BCUT2D eigenvalue weighted by Gasteiger charge is -2.14. The summed E-state index contributed by atoms with van der Waals surface area (Å²) < 4.78 is 1.77. The van der Waals surface area contributed by atoms with Gasteiger partial charge in [-0.3, -0.25) is 0 Å². The van der Waals surface area contributed by atoms with Crippen molar-refractivity contribution < 1.29 is 20.1 Å². The van der Waals surface area contributed by atoms with Gasteiger partial charge in [-0.1, -0.05) is 12.1 Å². The van der Waals surface area contributed by atoms with Crippen LogP contribution in [0.25, 0.3) is 5.69 Å². The fourth-order valence-corrected chi connectivity index (χ4v) is 1.57. The van der Waals surface area contributed by atoms with E-state index in [1.165, 1.54) is 0 Å². The second kappa shape index (κ2) is 4.99. The van der Waals surface area contributed by atoms with Crippen molar-refractivity contribution >= 4 is 5.97 Å². The molecule has 2 rings (SSSR count). The maximum absolute atomic E-state index is 10.5. The highest BCUT2D eigenvalue weighted by Crippen LogP contribution is 2.19. The Hall–Kier alpha value is -2.18. The van der Waals surface area contributed by atoms with Gasteiger partial charge in [0, 0.05) is 18.1 Å². The van der Waals surface area contributed by atoms with E-state index in [4.69, 9.17) is 5.11 Å². The van der Waals surface area contributed by atoms with Gasteiger partial charge in [0.15, 0.2) is 6.10 Å². The molecular weight excluding hydrogens is 236 g/mol. The van der Waals surface area contributed by atoms with Crippen LogP contribution in [0.2, 0.25) is 0 Å². The molecule has 2 aromatic rings. The van der Waals surface area contributed by atoms with Crippen molar-refractivity contribution in [1.82, 2.24) is 9.55 Å². The maximum atomic E-state index is 10.5. The molecule has 1 aromatic carbocycles. The first-order valence-corrected chi connectivity index (χ1v) is 5.27. The first-order chi connectivity index (χ1) is 8.59. The Kier molecular flexibility index (Phi) is 3.40. The predicted octanol–water partition coefficient (Wildman–Crippen LogP) is 0.351. The van der Waals surface area contributed by atoms with Gasteiger partial charge in [0.2, 0.25) is 0 Å². The molecule has 0 aliphatic carbocycles. The van der Waals surface area contributed by atoms with E-state index in [0.717, 1.165) is 5.69 Å². The van der Waals surface area contributed by atoms with Crippen molar-refractivity contribution in [3.05, 3.63) is 48.5 Å². The lowest BCUT2D eigenvalue weighted by molar-refractivity contribution is -0.153. The second-order valence-electron chi connectivity index (χ2n) is 3.79. The number of imidazole rings is 1. The molecule has 3 N–H and O–H groups in total. The Morgan fingerprint density at radius 3 is 2.39 bits per heavy atom. The van der Waals surface area contributed by atoms with Crippen LogP contribution in [0.5, 0.6) is 0 Å². The van der Waals surface area contributed by atoms with Gasteiger partial charge in [0.1, 0.15) is 6.10 Å². The second-order valence-corrected chi connectivity index (χ2v) is 3.79. The Labute approximate surface area is 103 Å². The maximum Gasteiger partial charge on any atom is 0.335 e. The molecule has 2 unspecified atom stereocenters. The lowest BCUT2D eigenvalue weighted by atomic mass is 10.0. The van der Waals surface area contributed by atoms with Crippen molar-refractivity contribution in [2.75, 3.05) is 0 Å². The molecule has 0 saturated carbocycles. The SMILES string of the molecule is O=C(O)C(O)C(O)c1ccc(-n2ccnc2)cc1. The van der Waals surface area contributed by atoms with Crippen LogP contribution in [0.3, 0.4) is 0 Å². The summed E-state index contributed by atoms with van der Waals surface area (Å²) in [5.41, 5.74) is 1.17. The van der Waals surface area contributed by atoms with Crippen molar-refractivity contribution in [3.8, 4) is 5.69 Å². The zero-order valence-electron chi connectivity index (χ0n) is 9.34. The highest BCUT2D eigenvalue weighted by Gasteiger charge is 2.24. The van der Waals surface area contributed by atoms with E-state index in [9.17, 15) is 15.0 Å². The highest BCUT2D eigenvalue weighted by atomic mass is 16.4. The number of carboxylic acids is 1. The molecule has 0 bridgehead atoms. The van der Waals surface area contributed by atoms with Gasteiger partial charge in [0.25, 0.3) is 0 Å². The highest BCUT2D eigenvalue weighted by molar-refractivity contribution is 5.73. The molecule has 2 atom stereocenters. The first kappa shape index (κ1) is 12.3. The number of carboxylic acid groups (broad SMARTS) is 1. The molecule has 6 heteroatoms. The van der Waals surface area contributed by atoms with Gasteiger partial charge in [-0.15, -0.1) is 0 Å². The van der Waals surface area contributed by atoms with Crippen LogP contribution >= 0.6 is 0 Å². The number of nitrogens with zero attached hydrogens (tertiary/aromatic N) is 2. The minimum absolute atomic E-state index is 0.341. The van der Waals surface area contributed by atoms with Gasteiger partial charge in [-0.2, -0.15) is 0 Å². The summed E-state index contributed by atoms with van der Waals surface area (Å²) in [5.74, 6) is -1.46. The Balaban J connectivity index is 2.20. The largest absolute Gasteiger partial charge is 0.479 e. The summed E-state index contributed by atoms with van der Waals surface area (Å²) >= 11 is 0. The summed E-state index contributed by atoms with van der Waals surface area (Å²) in [7, 11) is 0. The molecule has 0 radical (unpaired) electrons. The fraction of sp³-hybridized carbons (Fsp3) is 0.167. The monoisotopic (exact) mass is 248 g/mol. The van der Waals surface area contributed by atoms with Crippen LogP contribution in [-0.4, -0.2) is 36.9 Å². The van der Waals surface area contributed by atoms with Crippen LogP contribution < -0.4 is 0 Å². The zero-order valence-corrected chi connectivity index (χ0v) is 9.34. The molecule has 0 aliphatic heterocycles. The number of aliphatic hydroxyl groups excluding tert-OH is 2. The van der Waals surface area contributed by atoms with Crippen LogP contribution in [0.1, 0.15) is 11.7 Å². The average molecular weight is 248 g/mol. The van der Waals surface area contributed by atoms with Gasteiger partial charge in [-0.25, -0.2) is 9.78 Å². The molecule has 1 aromatic heterocycles. The third-order valence-electron chi connectivity index (χ3n) is 2.59. The standard InChI is InChI=1S/C12H12N2O4/c15-10(11(16)12(17)18)8-1-3-9(4-2-8)14-6-5-13-7-14/h1-7,10-11,15-16H,(H,17,18). The van der Waals surface area contributed by atoms with E-state index < -0.39 is 18.2 Å². The van der Waals surface area contributed by atoms with Crippen molar-refractivity contribution in [3.63, 3.8) is 0 Å². The predicted molar refractivity (Wildman–Crippen MR) is 62.2 cm³/mol. The number of rotatable bonds is 4. The zero-order chi connectivity index (χ0) is 13.1. The Morgan fingerprint density at radius 1 is 1.22 bits per heavy atom. The van der Waals surface area contributed by atoms with Gasteiger partial charge >= 0.3 is 5.97 Å². The quantitative estimate of drug-likeness (QED) is 0.725. The minimum Gasteiger partial charge on any atom is -0.479 e. The molecular formula is C12H12N2O4.